The van der Waals surface area contributed by atoms with Gasteiger partial charge in [0.1, 0.15) is 0 Å². The number of aliphatic hydroxyl groups is 1. The number of aliphatic hydroxyl groups excluding tert-OH is 1. The molecule has 1 aromatic heterocycles. The van der Waals surface area contributed by atoms with Gasteiger partial charge in [-0.2, -0.15) is 0 Å². The van der Waals surface area contributed by atoms with Crippen molar-refractivity contribution in [2.24, 2.45) is 0 Å². The lowest BCUT2D eigenvalue weighted by molar-refractivity contribution is -0.383. The van der Waals surface area contributed by atoms with E-state index >= 15 is 0 Å². The maximum atomic E-state index is 10.9. The van der Waals surface area contributed by atoms with Gasteiger partial charge in [-0.05, 0) is 12.1 Å². The highest BCUT2D eigenvalue weighted by Crippen LogP contribution is 2.26. The van der Waals surface area contributed by atoms with Crippen molar-refractivity contribution in [1.29, 1.82) is 0 Å². The van der Waals surface area contributed by atoms with Crippen molar-refractivity contribution in [3.8, 4) is 11.8 Å². The van der Waals surface area contributed by atoms with Crippen LogP contribution in [0.3, 0.4) is 0 Å². The second-order valence-corrected chi connectivity index (χ2v) is 3.59. The van der Waals surface area contributed by atoms with E-state index in [0.717, 1.165) is 0 Å². The molecule has 0 aliphatic carbocycles. The lowest BCUT2D eigenvalue weighted by atomic mass is 10.1. The van der Waals surface area contributed by atoms with E-state index in [1.165, 1.54) is 12.3 Å². The van der Waals surface area contributed by atoms with Crippen LogP contribution >= 0.6 is 0 Å². The third kappa shape index (κ3) is 2.29. The first kappa shape index (κ1) is 12.0. The molecule has 0 aliphatic heterocycles. The van der Waals surface area contributed by atoms with Gasteiger partial charge in [0.05, 0.1) is 16.9 Å². The molecule has 0 aliphatic rings. The van der Waals surface area contributed by atoms with Gasteiger partial charge in [-0.3, -0.25) is 15.1 Å². The predicted molar refractivity (Wildman–Crippen MR) is 67.0 cm³/mol. The first-order chi connectivity index (χ1) is 8.74. The van der Waals surface area contributed by atoms with Gasteiger partial charge in [0, 0.05) is 35.8 Å². The van der Waals surface area contributed by atoms with Crippen LogP contribution in [0.1, 0.15) is 12.0 Å². The maximum absolute atomic E-state index is 10.9. The first-order valence-corrected chi connectivity index (χ1v) is 5.35. The fourth-order valence-electron chi connectivity index (χ4n) is 1.66. The fourth-order valence-corrected chi connectivity index (χ4v) is 1.66. The fraction of sp³-hybridized carbons (Fsp3) is 0.154. The van der Waals surface area contributed by atoms with Crippen LogP contribution in [0.2, 0.25) is 0 Å². The number of hydrogen-bond acceptors (Lipinski definition) is 4. The van der Waals surface area contributed by atoms with E-state index in [-0.39, 0.29) is 12.3 Å². The Bertz CT molecular complexity index is 656. The molecular formula is C13H10N2O3. The number of aromatic nitrogens is 1. The average molecular weight is 242 g/mol. The molecule has 0 bridgehead atoms. The molecule has 1 aromatic carbocycles. The SMILES string of the molecule is O=[N+]([O-])c1ccc(C#CCCO)c2ccncc12. The summed E-state index contributed by atoms with van der Waals surface area (Å²) in [5.74, 6) is 5.70. The molecule has 5 heteroatoms. The second-order valence-electron chi connectivity index (χ2n) is 3.59. The van der Waals surface area contributed by atoms with E-state index < -0.39 is 4.92 Å². The average Bonchev–Trinajstić information content (AvgIpc) is 2.38. The first-order valence-electron chi connectivity index (χ1n) is 5.35. The zero-order valence-corrected chi connectivity index (χ0v) is 9.46. The van der Waals surface area contributed by atoms with Crippen LogP contribution in [0.4, 0.5) is 5.69 Å². The number of pyridine rings is 1. The van der Waals surface area contributed by atoms with Crippen LogP contribution < -0.4 is 0 Å². The lowest BCUT2D eigenvalue weighted by Crippen LogP contribution is -1.91. The molecule has 0 radical (unpaired) electrons. The molecular weight excluding hydrogens is 232 g/mol. The van der Waals surface area contributed by atoms with Crippen LogP contribution in [-0.2, 0) is 0 Å². The Kier molecular flexibility index (Phi) is 3.51. The maximum Gasteiger partial charge on any atom is 0.278 e. The van der Waals surface area contributed by atoms with E-state index in [1.807, 2.05) is 0 Å². The molecule has 18 heavy (non-hydrogen) atoms. The highest BCUT2D eigenvalue weighted by molar-refractivity contribution is 5.94. The molecule has 0 saturated heterocycles. The van der Waals surface area contributed by atoms with Gasteiger partial charge in [0.2, 0.25) is 0 Å². The van der Waals surface area contributed by atoms with Crippen molar-refractivity contribution < 1.29 is 10.0 Å². The minimum Gasteiger partial charge on any atom is -0.395 e. The quantitative estimate of drug-likeness (QED) is 0.495. The number of nitrogens with zero attached hydrogens (tertiary/aromatic N) is 2. The molecule has 90 valence electrons. The van der Waals surface area contributed by atoms with Crippen LogP contribution in [-0.4, -0.2) is 21.6 Å². The van der Waals surface area contributed by atoms with Crippen LogP contribution in [0.5, 0.6) is 0 Å². The zero-order valence-electron chi connectivity index (χ0n) is 9.46. The molecule has 0 spiro atoms. The van der Waals surface area contributed by atoms with Gasteiger partial charge < -0.3 is 5.11 Å². The standard InChI is InChI=1S/C13H10N2O3/c16-8-2-1-3-10-4-5-13(15(17)18)12-9-14-7-6-11(10)12/h4-7,9,16H,2,8H2. The highest BCUT2D eigenvalue weighted by atomic mass is 16.6. The summed E-state index contributed by atoms with van der Waals surface area (Å²) in [6.07, 6.45) is 3.41. The van der Waals surface area contributed by atoms with Gasteiger partial charge in [-0.15, -0.1) is 0 Å². The summed E-state index contributed by atoms with van der Waals surface area (Å²) in [6.45, 7) is -0.000526. The molecule has 5 nitrogen and oxygen atoms in total. The third-order valence-corrected chi connectivity index (χ3v) is 2.45. The highest BCUT2D eigenvalue weighted by Gasteiger charge is 2.13. The lowest BCUT2D eigenvalue weighted by Gasteiger charge is -2.01. The molecule has 0 amide bonds. The number of rotatable bonds is 2. The second kappa shape index (κ2) is 5.25. The Balaban J connectivity index is 2.62. The molecule has 2 rings (SSSR count). The van der Waals surface area contributed by atoms with Crippen molar-refractivity contribution in [3.05, 3.63) is 46.3 Å². The number of nitro groups is 1. The Morgan fingerprint density at radius 3 is 2.89 bits per heavy atom. The van der Waals surface area contributed by atoms with E-state index in [2.05, 4.69) is 16.8 Å². The van der Waals surface area contributed by atoms with Crippen molar-refractivity contribution in [3.63, 3.8) is 0 Å². The summed E-state index contributed by atoms with van der Waals surface area (Å²) >= 11 is 0. The van der Waals surface area contributed by atoms with E-state index in [4.69, 9.17) is 5.11 Å². The van der Waals surface area contributed by atoms with Gasteiger partial charge >= 0.3 is 0 Å². The van der Waals surface area contributed by atoms with Gasteiger partial charge in [0.15, 0.2) is 0 Å². The van der Waals surface area contributed by atoms with Crippen LogP contribution in [0.15, 0.2) is 30.6 Å². The number of benzene rings is 1. The molecule has 0 saturated carbocycles. The van der Waals surface area contributed by atoms with Crippen molar-refractivity contribution in [1.82, 2.24) is 4.98 Å². The summed E-state index contributed by atoms with van der Waals surface area (Å²) in [6, 6.07) is 4.74. The Labute approximate surface area is 103 Å². The normalized spacial score (nSPS) is 9.83. The van der Waals surface area contributed by atoms with Crippen LogP contribution in [0.25, 0.3) is 10.8 Å². The molecule has 0 fully saturated rings. The van der Waals surface area contributed by atoms with Crippen molar-refractivity contribution >= 4 is 16.5 Å². The van der Waals surface area contributed by atoms with Crippen LogP contribution in [0, 0.1) is 22.0 Å². The predicted octanol–water partition coefficient (Wildman–Crippen LogP) is 1.88. The number of nitro benzene ring substituents is 1. The molecule has 1 N–H and O–H groups in total. The van der Waals surface area contributed by atoms with Crippen molar-refractivity contribution in [2.75, 3.05) is 6.61 Å². The van der Waals surface area contributed by atoms with E-state index in [9.17, 15) is 10.1 Å². The Morgan fingerprint density at radius 2 is 2.17 bits per heavy atom. The smallest absolute Gasteiger partial charge is 0.278 e. The minimum absolute atomic E-state index is 0.000526. The third-order valence-electron chi connectivity index (χ3n) is 2.45. The molecule has 2 aromatic rings. The van der Waals surface area contributed by atoms with Gasteiger partial charge in [-0.1, -0.05) is 11.8 Å². The number of non-ortho nitro benzene ring substituents is 1. The summed E-state index contributed by atoms with van der Waals surface area (Å²) in [4.78, 5) is 14.4. The summed E-state index contributed by atoms with van der Waals surface area (Å²) < 4.78 is 0. The van der Waals surface area contributed by atoms with Gasteiger partial charge in [0.25, 0.3) is 5.69 Å². The molecule has 0 atom stereocenters. The number of fused-ring (bicyclic) bond motifs is 1. The van der Waals surface area contributed by atoms with E-state index in [0.29, 0.717) is 22.8 Å². The van der Waals surface area contributed by atoms with E-state index in [1.54, 1.807) is 18.3 Å². The summed E-state index contributed by atoms with van der Waals surface area (Å²) in [7, 11) is 0. The minimum atomic E-state index is -0.436. The summed E-state index contributed by atoms with van der Waals surface area (Å²) in [5, 5.41) is 20.7. The molecule has 0 unspecified atom stereocenters. The Morgan fingerprint density at radius 1 is 1.33 bits per heavy atom. The molecule has 1 heterocycles. The zero-order chi connectivity index (χ0) is 13.0. The number of hydrogen-bond donors (Lipinski definition) is 1. The monoisotopic (exact) mass is 242 g/mol. The summed E-state index contributed by atoms with van der Waals surface area (Å²) in [5.41, 5.74) is 0.720. The van der Waals surface area contributed by atoms with Crippen molar-refractivity contribution in [2.45, 2.75) is 6.42 Å². The largest absolute Gasteiger partial charge is 0.395 e. The van der Waals surface area contributed by atoms with Gasteiger partial charge in [-0.25, -0.2) is 0 Å². The topological polar surface area (TPSA) is 76.3 Å². The Hall–Kier alpha value is -2.45.